The van der Waals surface area contributed by atoms with Gasteiger partial charge in [-0.05, 0) is 56.4 Å². The van der Waals surface area contributed by atoms with Gasteiger partial charge in [-0.2, -0.15) is 5.26 Å². The summed E-state index contributed by atoms with van der Waals surface area (Å²) in [5, 5.41) is 19.8. The Kier molecular flexibility index (Phi) is 5.41. The average molecular weight is 462 g/mol. The van der Waals surface area contributed by atoms with Crippen LogP contribution in [-0.2, 0) is 11.3 Å². The van der Waals surface area contributed by atoms with Crippen molar-refractivity contribution in [2.24, 2.45) is 5.41 Å². The van der Waals surface area contributed by atoms with Crippen molar-refractivity contribution < 1.29 is 19.4 Å². The second-order valence-electron chi connectivity index (χ2n) is 9.53. The Morgan fingerprint density at radius 3 is 2.88 bits per heavy atom. The van der Waals surface area contributed by atoms with E-state index in [1.54, 1.807) is 36.7 Å². The summed E-state index contributed by atoms with van der Waals surface area (Å²) >= 11 is 0. The Labute approximate surface area is 197 Å². The summed E-state index contributed by atoms with van der Waals surface area (Å²) in [6.45, 7) is 2.81. The van der Waals surface area contributed by atoms with E-state index in [2.05, 4.69) is 16.0 Å². The molecule has 34 heavy (non-hydrogen) atoms. The van der Waals surface area contributed by atoms with Crippen molar-refractivity contribution in [3.63, 3.8) is 0 Å². The van der Waals surface area contributed by atoms with Gasteiger partial charge in [0.05, 0.1) is 61.1 Å². The molecule has 1 aliphatic carbocycles. The highest BCUT2D eigenvalue weighted by Crippen LogP contribution is 2.48. The van der Waals surface area contributed by atoms with E-state index in [-0.39, 0.29) is 6.61 Å². The Hall–Kier alpha value is -3.64. The van der Waals surface area contributed by atoms with Crippen LogP contribution >= 0.6 is 0 Å². The molecule has 1 aliphatic heterocycles. The lowest BCUT2D eigenvalue weighted by atomic mass is 9.67. The molecule has 2 fully saturated rings. The van der Waals surface area contributed by atoms with Gasteiger partial charge in [-0.3, -0.25) is 4.90 Å². The van der Waals surface area contributed by atoms with Crippen molar-refractivity contribution in [3.05, 3.63) is 47.9 Å². The van der Waals surface area contributed by atoms with Crippen LogP contribution < -0.4 is 9.64 Å². The molecule has 176 valence electrons. The maximum absolute atomic E-state index is 13.0. The maximum Gasteiger partial charge on any atom is 0.415 e. The van der Waals surface area contributed by atoms with Crippen LogP contribution in [0.2, 0.25) is 0 Å². The number of aliphatic hydroxyl groups is 1. The predicted molar refractivity (Wildman–Crippen MR) is 125 cm³/mol. The molecular formula is C25H27N5O4. The fraction of sp³-hybridized carbons (Fsp3) is 0.440. The van der Waals surface area contributed by atoms with Gasteiger partial charge in [-0.25, -0.2) is 14.8 Å². The Balaban J connectivity index is 1.42. The number of benzene rings is 1. The van der Waals surface area contributed by atoms with Crippen LogP contribution in [0.4, 0.5) is 10.5 Å². The van der Waals surface area contributed by atoms with Crippen LogP contribution in [0.15, 0.2) is 36.8 Å². The van der Waals surface area contributed by atoms with Crippen LogP contribution in [0.25, 0.3) is 11.0 Å². The number of nitrogens with zero attached hydrogens (tertiary/aromatic N) is 5. The number of carbonyl (C=O) groups excluding carboxylic acids is 1. The van der Waals surface area contributed by atoms with Gasteiger partial charge in [0.15, 0.2) is 0 Å². The van der Waals surface area contributed by atoms with Crippen LogP contribution in [0, 0.1) is 23.7 Å². The molecule has 2 atom stereocenters. The molecule has 0 bridgehead atoms. The van der Waals surface area contributed by atoms with Gasteiger partial charge in [0.2, 0.25) is 5.88 Å². The van der Waals surface area contributed by atoms with E-state index < -0.39 is 17.1 Å². The number of hydrogen-bond acceptors (Lipinski definition) is 7. The van der Waals surface area contributed by atoms with Crippen LogP contribution in [0.1, 0.15) is 36.8 Å². The molecule has 5 rings (SSSR count). The van der Waals surface area contributed by atoms with E-state index in [9.17, 15) is 15.2 Å². The lowest BCUT2D eigenvalue weighted by molar-refractivity contribution is -0.0541. The molecule has 3 aromatic rings. The number of aromatic nitrogens is 3. The number of amides is 1. The van der Waals surface area contributed by atoms with Crippen LogP contribution in [-0.4, -0.2) is 51.6 Å². The third-order valence-corrected chi connectivity index (χ3v) is 7.16. The molecule has 1 amide bonds. The number of imidazole rings is 1. The summed E-state index contributed by atoms with van der Waals surface area (Å²) < 4.78 is 13.2. The molecule has 2 aromatic heterocycles. The van der Waals surface area contributed by atoms with Crippen molar-refractivity contribution in [1.29, 1.82) is 5.26 Å². The molecular weight excluding hydrogens is 434 g/mol. The van der Waals surface area contributed by atoms with Gasteiger partial charge >= 0.3 is 6.09 Å². The van der Waals surface area contributed by atoms with Crippen LogP contribution in [0.3, 0.4) is 0 Å². The van der Waals surface area contributed by atoms with E-state index in [1.165, 1.54) is 0 Å². The second kappa shape index (κ2) is 8.29. The van der Waals surface area contributed by atoms with Crippen LogP contribution in [0.5, 0.6) is 5.88 Å². The first kappa shape index (κ1) is 22.2. The molecule has 1 N–H and O–H groups in total. The number of fused-ring (bicyclic) bond motifs is 1. The van der Waals surface area contributed by atoms with E-state index >= 15 is 0 Å². The quantitative estimate of drug-likeness (QED) is 0.618. The molecule has 3 heterocycles. The molecule has 9 nitrogen and oxygen atoms in total. The number of pyridine rings is 1. The topological polar surface area (TPSA) is 114 Å². The third kappa shape index (κ3) is 3.74. The minimum Gasteiger partial charge on any atom is -0.481 e. The lowest BCUT2D eigenvalue weighted by Crippen LogP contribution is -2.47. The zero-order chi connectivity index (χ0) is 23.9. The number of hydrogen-bond donors (Lipinski definition) is 1. The molecule has 1 aromatic carbocycles. The standard InChI is InChI=1S/C25H27N5O4/c1-17-8-22(33-2)27-11-21(17)30-14-25(34-23(30)32)7-3-6-24(12-25,15-31)13-29-16-28-19-5-4-18(10-26)9-20(19)29/h4-5,8-9,11,16,31H,3,6-7,12-15H2,1-2H3. The van der Waals surface area contributed by atoms with E-state index in [0.29, 0.717) is 36.6 Å². The summed E-state index contributed by atoms with van der Waals surface area (Å²) in [7, 11) is 1.56. The number of methoxy groups -OCH3 is 1. The van der Waals surface area contributed by atoms with Gasteiger partial charge in [-0.15, -0.1) is 0 Å². The van der Waals surface area contributed by atoms with Gasteiger partial charge in [-0.1, -0.05) is 0 Å². The van der Waals surface area contributed by atoms with E-state index in [4.69, 9.17) is 9.47 Å². The smallest absolute Gasteiger partial charge is 0.415 e. The van der Waals surface area contributed by atoms with E-state index in [1.807, 2.05) is 23.6 Å². The Morgan fingerprint density at radius 1 is 1.29 bits per heavy atom. The Morgan fingerprint density at radius 2 is 2.15 bits per heavy atom. The number of aryl methyl sites for hydroxylation is 1. The molecule has 2 aliphatic rings. The molecule has 2 unspecified atom stereocenters. The number of ether oxygens (including phenoxy) is 2. The number of anilines is 1. The van der Waals surface area contributed by atoms with Crippen molar-refractivity contribution in [1.82, 2.24) is 14.5 Å². The van der Waals surface area contributed by atoms with Crippen molar-refractivity contribution in [2.75, 3.05) is 25.2 Å². The number of rotatable bonds is 5. The summed E-state index contributed by atoms with van der Waals surface area (Å²) in [6, 6.07) is 9.38. The molecule has 1 saturated carbocycles. The van der Waals surface area contributed by atoms with Gasteiger partial charge < -0.3 is 19.1 Å². The average Bonchev–Trinajstić information content (AvgIpc) is 3.38. The summed E-state index contributed by atoms with van der Waals surface area (Å²) in [5.41, 5.74) is 2.65. The number of carbonyl (C=O) groups is 1. The highest BCUT2D eigenvalue weighted by molar-refractivity contribution is 5.91. The Bertz CT molecular complexity index is 1300. The number of aliphatic hydroxyl groups excluding tert-OH is 1. The molecule has 1 saturated heterocycles. The summed E-state index contributed by atoms with van der Waals surface area (Å²) in [5.74, 6) is 0.493. The lowest BCUT2D eigenvalue weighted by Gasteiger charge is -2.44. The first-order valence-electron chi connectivity index (χ1n) is 11.4. The highest BCUT2D eigenvalue weighted by Gasteiger charge is 2.53. The first-order chi connectivity index (χ1) is 16.4. The summed E-state index contributed by atoms with van der Waals surface area (Å²) in [4.78, 5) is 23.3. The fourth-order valence-corrected chi connectivity index (χ4v) is 5.53. The molecule has 1 spiro atoms. The van der Waals surface area contributed by atoms with Crippen molar-refractivity contribution >= 4 is 22.8 Å². The van der Waals surface area contributed by atoms with Crippen molar-refractivity contribution in [2.45, 2.75) is 44.8 Å². The van der Waals surface area contributed by atoms with E-state index in [0.717, 1.165) is 35.9 Å². The highest BCUT2D eigenvalue weighted by atomic mass is 16.6. The fourth-order valence-electron chi connectivity index (χ4n) is 5.53. The maximum atomic E-state index is 13.0. The normalized spacial score (nSPS) is 24.4. The first-order valence-corrected chi connectivity index (χ1v) is 11.4. The molecule has 9 heteroatoms. The predicted octanol–water partition coefficient (Wildman–Crippen LogP) is 3.57. The minimum absolute atomic E-state index is 0.0347. The SMILES string of the molecule is COc1cc(C)c(N2CC3(CCCC(CO)(Cn4cnc5ccc(C#N)cc54)C3)OC2=O)cn1. The van der Waals surface area contributed by atoms with Gasteiger partial charge in [0.25, 0.3) is 0 Å². The largest absolute Gasteiger partial charge is 0.481 e. The zero-order valence-electron chi connectivity index (χ0n) is 19.3. The van der Waals surface area contributed by atoms with Gasteiger partial charge in [0, 0.05) is 18.0 Å². The summed E-state index contributed by atoms with van der Waals surface area (Å²) in [6.07, 6.45) is 5.92. The third-order valence-electron chi connectivity index (χ3n) is 7.16. The minimum atomic E-state index is -0.682. The van der Waals surface area contributed by atoms with Gasteiger partial charge in [0.1, 0.15) is 5.60 Å². The second-order valence-corrected chi connectivity index (χ2v) is 9.53. The molecule has 0 radical (unpaired) electrons. The number of nitriles is 1. The monoisotopic (exact) mass is 461 g/mol. The van der Waals surface area contributed by atoms with Crippen molar-refractivity contribution in [3.8, 4) is 11.9 Å². The zero-order valence-corrected chi connectivity index (χ0v) is 19.3.